The van der Waals surface area contributed by atoms with E-state index in [9.17, 15) is 4.79 Å². The van der Waals surface area contributed by atoms with E-state index < -0.39 is 0 Å². The maximum absolute atomic E-state index is 11.2. The number of thiophene rings is 2. The molecule has 2 rings (SSSR count). The van der Waals surface area contributed by atoms with Gasteiger partial charge in [0.25, 0.3) is 0 Å². The molecule has 0 aliphatic heterocycles. The lowest BCUT2D eigenvalue weighted by Crippen LogP contribution is -1.94. The molecule has 0 aromatic carbocycles. The van der Waals surface area contributed by atoms with Crippen LogP contribution in [0, 0.1) is 0 Å². The molecule has 2 aromatic heterocycles. The van der Waals surface area contributed by atoms with E-state index in [0.29, 0.717) is 5.33 Å². The second kappa shape index (κ2) is 3.28. The highest BCUT2D eigenvalue weighted by Crippen LogP contribution is 2.30. The second-order valence-corrected chi connectivity index (χ2v) is 5.12. The van der Waals surface area contributed by atoms with E-state index in [1.165, 1.54) is 9.40 Å². The predicted molar refractivity (Wildman–Crippen MR) is 57.8 cm³/mol. The normalized spacial score (nSPS) is 10.8. The third-order valence-corrected chi connectivity index (χ3v) is 4.30. The fraction of sp³-hybridized carbons (Fsp3) is 0.125. The van der Waals surface area contributed by atoms with E-state index in [2.05, 4.69) is 15.9 Å². The van der Waals surface area contributed by atoms with Gasteiger partial charge < -0.3 is 0 Å². The van der Waals surface area contributed by atoms with Crippen LogP contribution in [0.5, 0.6) is 0 Å². The van der Waals surface area contributed by atoms with Crippen molar-refractivity contribution in [2.45, 2.75) is 0 Å². The van der Waals surface area contributed by atoms with Crippen LogP contribution in [-0.2, 0) is 0 Å². The van der Waals surface area contributed by atoms with Crippen molar-refractivity contribution in [3.63, 3.8) is 0 Å². The van der Waals surface area contributed by atoms with Crippen molar-refractivity contribution >= 4 is 53.8 Å². The number of carbonyl (C=O) groups is 1. The molecule has 0 aliphatic carbocycles. The summed E-state index contributed by atoms with van der Waals surface area (Å²) in [4.78, 5) is 12.1. The molecule has 0 atom stereocenters. The van der Waals surface area contributed by atoms with Crippen LogP contribution in [0.15, 0.2) is 17.5 Å². The third kappa shape index (κ3) is 1.34. The van der Waals surface area contributed by atoms with Gasteiger partial charge in [0.15, 0.2) is 5.78 Å². The number of hydrogen-bond donors (Lipinski definition) is 0. The van der Waals surface area contributed by atoms with Crippen molar-refractivity contribution in [1.82, 2.24) is 0 Å². The first-order valence-electron chi connectivity index (χ1n) is 3.37. The van der Waals surface area contributed by atoms with E-state index in [0.717, 1.165) is 4.88 Å². The molecule has 0 amide bonds. The Morgan fingerprint density at radius 1 is 1.58 bits per heavy atom. The van der Waals surface area contributed by atoms with Gasteiger partial charge in [-0.15, -0.1) is 22.7 Å². The Morgan fingerprint density at radius 3 is 3.08 bits per heavy atom. The number of alkyl halides is 1. The molecule has 0 radical (unpaired) electrons. The minimum Gasteiger partial charge on any atom is -0.292 e. The predicted octanol–water partition coefficient (Wildman–Crippen LogP) is 3.54. The Morgan fingerprint density at radius 2 is 2.42 bits per heavy atom. The first-order valence-corrected chi connectivity index (χ1v) is 6.19. The molecule has 2 aromatic rings. The molecule has 0 spiro atoms. The first kappa shape index (κ1) is 8.41. The van der Waals surface area contributed by atoms with Crippen LogP contribution in [0.4, 0.5) is 0 Å². The van der Waals surface area contributed by atoms with Gasteiger partial charge in [-0.25, -0.2) is 0 Å². The third-order valence-electron chi connectivity index (χ3n) is 1.54. The van der Waals surface area contributed by atoms with Gasteiger partial charge in [0, 0.05) is 5.39 Å². The zero-order chi connectivity index (χ0) is 8.55. The van der Waals surface area contributed by atoms with Crippen LogP contribution < -0.4 is 0 Å². The van der Waals surface area contributed by atoms with Crippen LogP contribution in [0.25, 0.3) is 9.40 Å². The molecule has 0 unspecified atom stereocenters. The van der Waals surface area contributed by atoms with E-state index >= 15 is 0 Å². The lowest BCUT2D eigenvalue weighted by molar-refractivity contribution is 0.102. The summed E-state index contributed by atoms with van der Waals surface area (Å²) in [7, 11) is 0. The minimum absolute atomic E-state index is 0.170. The molecular formula is C8H5BrOS2. The Balaban J connectivity index is 2.51. The van der Waals surface area contributed by atoms with E-state index in [1.807, 2.05) is 17.5 Å². The Hall–Kier alpha value is -0.190. The number of rotatable bonds is 2. The van der Waals surface area contributed by atoms with Crippen molar-refractivity contribution in [3.05, 3.63) is 22.4 Å². The number of hydrogen-bond acceptors (Lipinski definition) is 3. The van der Waals surface area contributed by atoms with Crippen LogP contribution in [-0.4, -0.2) is 11.1 Å². The molecule has 1 nitrogen and oxygen atoms in total. The highest BCUT2D eigenvalue weighted by molar-refractivity contribution is 9.09. The maximum Gasteiger partial charge on any atom is 0.183 e. The highest BCUT2D eigenvalue weighted by Gasteiger charge is 2.08. The molecule has 0 saturated heterocycles. The van der Waals surface area contributed by atoms with Gasteiger partial charge in [-0.2, -0.15) is 0 Å². The maximum atomic E-state index is 11.2. The Bertz CT molecular complexity index is 387. The van der Waals surface area contributed by atoms with Gasteiger partial charge in [-0.1, -0.05) is 15.9 Å². The van der Waals surface area contributed by atoms with Gasteiger partial charge in [0.05, 0.1) is 14.2 Å². The molecule has 2 heterocycles. The average molecular weight is 261 g/mol. The summed E-state index contributed by atoms with van der Waals surface area (Å²) in [5, 5.41) is 3.65. The average Bonchev–Trinajstić information content (AvgIpc) is 2.60. The molecule has 0 fully saturated rings. The molecule has 62 valence electrons. The first-order chi connectivity index (χ1) is 5.81. The Labute approximate surface area is 86.2 Å². The standard InChI is InChI=1S/C8H5BrOS2/c9-4-6(10)7-3-5-1-2-11-8(5)12-7/h1-3H,4H2. The van der Waals surface area contributed by atoms with Crippen molar-refractivity contribution in [2.75, 3.05) is 5.33 Å². The number of carbonyl (C=O) groups excluding carboxylic acids is 1. The second-order valence-electron chi connectivity index (χ2n) is 2.33. The molecule has 0 bridgehead atoms. The highest BCUT2D eigenvalue weighted by atomic mass is 79.9. The van der Waals surface area contributed by atoms with Crippen molar-refractivity contribution in [3.8, 4) is 0 Å². The largest absolute Gasteiger partial charge is 0.292 e. The van der Waals surface area contributed by atoms with Gasteiger partial charge >= 0.3 is 0 Å². The SMILES string of the molecule is O=C(CBr)c1cc2ccsc2s1. The molecule has 0 saturated carbocycles. The molecule has 4 heteroatoms. The van der Waals surface area contributed by atoms with Gasteiger partial charge in [-0.05, 0) is 17.5 Å². The minimum atomic E-state index is 0.170. The van der Waals surface area contributed by atoms with E-state index in [-0.39, 0.29) is 5.78 Å². The molecular weight excluding hydrogens is 256 g/mol. The topological polar surface area (TPSA) is 17.1 Å². The van der Waals surface area contributed by atoms with Gasteiger partial charge in [-0.3, -0.25) is 4.79 Å². The lowest BCUT2D eigenvalue weighted by Gasteiger charge is -1.86. The summed E-state index contributed by atoms with van der Waals surface area (Å²) < 4.78 is 1.24. The van der Waals surface area contributed by atoms with Crippen LogP contribution in [0.1, 0.15) is 9.67 Å². The summed E-state index contributed by atoms with van der Waals surface area (Å²) >= 11 is 6.42. The van der Waals surface area contributed by atoms with Crippen LogP contribution in [0.2, 0.25) is 0 Å². The zero-order valence-electron chi connectivity index (χ0n) is 6.04. The molecule has 0 aliphatic rings. The van der Waals surface area contributed by atoms with Crippen LogP contribution in [0.3, 0.4) is 0 Å². The fourth-order valence-corrected chi connectivity index (χ4v) is 3.50. The summed E-state index contributed by atoms with van der Waals surface area (Å²) in [5.41, 5.74) is 0. The van der Waals surface area contributed by atoms with Crippen LogP contribution >= 0.6 is 38.6 Å². The summed E-state index contributed by atoms with van der Waals surface area (Å²) in [6.07, 6.45) is 0. The molecule has 0 N–H and O–H groups in total. The van der Waals surface area contributed by atoms with Gasteiger partial charge in [0.2, 0.25) is 0 Å². The number of ketones is 1. The number of fused-ring (bicyclic) bond motifs is 1. The number of Topliss-reactive ketones (excluding diaryl/α,β-unsaturated/α-hetero) is 1. The molecule has 12 heavy (non-hydrogen) atoms. The zero-order valence-corrected chi connectivity index (χ0v) is 9.26. The van der Waals surface area contributed by atoms with Gasteiger partial charge in [0.1, 0.15) is 0 Å². The quantitative estimate of drug-likeness (QED) is 0.597. The van der Waals surface area contributed by atoms with Crippen molar-refractivity contribution < 1.29 is 4.79 Å². The number of halogens is 1. The summed E-state index contributed by atoms with van der Waals surface area (Å²) in [6.45, 7) is 0. The smallest absolute Gasteiger partial charge is 0.183 e. The van der Waals surface area contributed by atoms with E-state index in [4.69, 9.17) is 0 Å². The summed E-state index contributed by atoms with van der Waals surface area (Å²) in [6, 6.07) is 4.00. The lowest BCUT2D eigenvalue weighted by atomic mass is 10.3. The summed E-state index contributed by atoms with van der Waals surface area (Å²) in [5.74, 6) is 0.170. The van der Waals surface area contributed by atoms with E-state index in [1.54, 1.807) is 22.7 Å². The van der Waals surface area contributed by atoms with Crippen molar-refractivity contribution in [2.24, 2.45) is 0 Å². The van der Waals surface area contributed by atoms with Crippen molar-refractivity contribution in [1.29, 1.82) is 0 Å². The monoisotopic (exact) mass is 260 g/mol. The fourth-order valence-electron chi connectivity index (χ4n) is 0.969. The Kier molecular flexibility index (Phi) is 2.30.